The van der Waals surface area contributed by atoms with Crippen LogP contribution in [0.3, 0.4) is 0 Å². The maximum atomic E-state index is 12.6. The Morgan fingerprint density at radius 3 is 2.15 bits per heavy atom. The quantitative estimate of drug-likeness (QED) is 0.710. The van der Waals surface area contributed by atoms with Crippen LogP contribution in [0.2, 0.25) is 0 Å². The summed E-state index contributed by atoms with van der Waals surface area (Å²) in [5.41, 5.74) is 0. The van der Waals surface area contributed by atoms with Crippen molar-refractivity contribution in [3.63, 3.8) is 0 Å². The van der Waals surface area contributed by atoms with Crippen LogP contribution in [0.25, 0.3) is 0 Å². The molecule has 0 aromatic carbocycles. The molecule has 0 aliphatic heterocycles. The zero-order valence-corrected chi connectivity index (χ0v) is 8.44. The number of nitriles is 2. The highest BCUT2D eigenvalue weighted by molar-refractivity contribution is 8.24. The van der Waals surface area contributed by atoms with Crippen molar-refractivity contribution in [1.82, 2.24) is 0 Å². The third-order valence-corrected chi connectivity index (χ3v) is 2.52. The molecule has 0 aromatic heterocycles. The number of nitrogens with zero attached hydrogens (tertiary/aromatic N) is 2. The third kappa shape index (κ3) is 6.36. The minimum Gasteiger partial charge on any atom is -0.198 e. The molecule has 2 atom stereocenters. The van der Waals surface area contributed by atoms with Crippen LogP contribution in [0.5, 0.6) is 0 Å². The Bertz CT molecular complexity index is 236. The lowest BCUT2D eigenvalue weighted by atomic mass is 10.00. The molecule has 0 N–H and O–H groups in total. The standard InChI is InChI=1S/C8H12F2N2S/c1-7(4-11)3-8(5-12)6-13(2,9)10/h7-8H,3,6H2,1-2H3. The Balaban J connectivity index is 4.09. The molecule has 2 nitrogen and oxygen atoms in total. The van der Waals surface area contributed by atoms with Gasteiger partial charge in [-0.15, -0.1) is 0 Å². The number of halogens is 2. The van der Waals surface area contributed by atoms with E-state index in [0.29, 0.717) is 0 Å². The first-order chi connectivity index (χ1) is 5.89. The van der Waals surface area contributed by atoms with Crippen molar-refractivity contribution in [2.45, 2.75) is 13.3 Å². The van der Waals surface area contributed by atoms with Gasteiger partial charge in [-0.1, -0.05) is 0 Å². The molecule has 74 valence electrons. The van der Waals surface area contributed by atoms with E-state index in [1.165, 1.54) is 0 Å². The summed E-state index contributed by atoms with van der Waals surface area (Å²) >= 11 is 0. The lowest BCUT2D eigenvalue weighted by molar-refractivity contribution is 0.555. The van der Waals surface area contributed by atoms with Crippen LogP contribution in [-0.4, -0.2) is 12.0 Å². The van der Waals surface area contributed by atoms with Crippen LogP contribution < -0.4 is 0 Å². The fraction of sp³-hybridized carbons (Fsp3) is 0.750. The van der Waals surface area contributed by atoms with Gasteiger partial charge < -0.3 is 0 Å². The first-order valence-electron chi connectivity index (χ1n) is 3.83. The molecule has 2 unspecified atom stereocenters. The second kappa shape index (κ2) is 5.04. The highest BCUT2D eigenvalue weighted by atomic mass is 32.3. The summed E-state index contributed by atoms with van der Waals surface area (Å²) in [6, 6.07) is 3.74. The molecule has 0 aromatic rings. The van der Waals surface area contributed by atoms with Crippen LogP contribution in [-0.2, 0) is 0 Å². The summed E-state index contributed by atoms with van der Waals surface area (Å²) < 4.78 is 25.1. The Labute approximate surface area is 79.1 Å². The van der Waals surface area contributed by atoms with Crippen LogP contribution in [0.1, 0.15) is 13.3 Å². The van der Waals surface area contributed by atoms with Crippen molar-refractivity contribution in [2.75, 3.05) is 12.0 Å². The molecule has 0 saturated heterocycles. The van der Waals surface area contributed by atoms with Crippen molar-refractivity contribution < 1.29 is 7.77 Å². The summed E-state index contributed by atoms with van der Waals surface area (Å²) in [7, 11) is -3.62. The fourth-order valence-electron chi connectivity index (χ4n) is 0.991. The lowest BCUT2D eigenvalue weighted by Crippen LogP contribution is -2.09. The predicted molar refractivity (Wildman–Crippen MR) is 49.1 cm³/mol. The van der Waals surface area contributed by atoms with Gasteiger partial charge in [0.1, 0.15) is 0 Å². The van der Waals surface area contributed by atoms with Crippen molar-refractivity contribution in [2.24, 2.45) is 11.8 Å². The molecule has 0 bridgehead atoms. The Morgan fingerprint density at radius 1 is 1.31 bits per heavy atom. The van der Waals surface area contributed by atoms with Gasteiger partial charge in [-0.3, -0.25) is 0 Å². The maximum absolute atomic E-state index is 12.6. The summed E-state index contributed by atoms with van der Waals surface area (Å²) in [4.78, 5) is 0. The summed E-state index contributed by atoms with van der Waals surface area (Å²) in [6.45, 7) is 1.63. The average Bonchev–Trinajstić information content (AvgIpc) is 2.00. The molecule has 0 spiro atoms. The summed E-state index contributed by atoms with van der Waals surface area (Å²) in [6.07, 6.45) is 1.11. The van der Waals surface area contributed by atoms with Gasteiger partial charge in [-0.05, 0) is 13.3 Å². The van der Waals surface area contributed by atoms with E-state index < -0.39 is 16.7 Å². The molecule has 5 heteroatoms. The molecule has 0 saturated carbocycles. The normalized spacial score (nSPS) is 16.8. The van der Waals surface area contributed by atoms with E-state index in [2.05, 4.69) is 0 Å². The molecule has 0 aliphatic rings. The minimum absolute atomic E-state index is 0.240. The second-order valence-corrected chi connectivity index (χ2v) is 5.21. The fourth-order valence-corrected chi connectivity index (χ4v) is 1.91. The Hall–Kier alpha value is -0.810. The number of hydrogen-bond donors (Lipinski definition) is 0. The highest BCUT2D eigenvalue weighted by Crippen LogP contribution is 2.49. The Kier molecular flexibility index (Phi) is 4.72. The molecule has 0 heterocycles. The van der Waals surface area contributed by atoms with Gasteiger partial charge in [-0.25, -0.2) is 0 Å². The molecule has 0 radical (unpaired) electrons. The van der Waals surface area contributed by atoms with Gasteiger partial charge in [0.2, 0.25) is 0 Å². The van der Waals surface area contributed by atoms with Gasteiger partial charge >= 0.3 is 0 Å². The molecular weight excluding hydrogens is 194 g/mol. The molecule has 0 rings (SSSR count). The van der Waals surface area contributed by atoms with Crippen molar-refractivity contribution in [3.8, 4) is 12.1 Å². The zero-order valence-electron chi connectivity index (χ0n) is 7.63. The largest absolute Gasteiger partial charge is 0.198 e. The average molecular weight is 206 g/mol. The molecule has 0 fully saturated rings. The van der Waals surface area contributed by atoms with Gasteiger partial charge in [0.05, 0.1) is 28.9 Å². The maximum Gasteiger partial charge on any atom is 0.0666 e. The van der Waals surface area contributed by atoms with Crippen molar-refractivity contribution >= 4 is 10.8 Å². The minimum atomic E-state index is -3.62. The van der Waals surface area contributed by atoms with Crippen LogP contribution in [0.4, 0.5) is 7.77 Å². The van der Waals surface area contributed by atoms with E-state index >= 15 is 0 Å². The van der Waals surface area contributed by atoms with Crippen LogP contribution >= 0.6 is 10.8 Å². The molecule has 0 aliphatic carbocycles. The SMILES string of the molecule is CC(C#N)CC(C#N)CS(C)(F)F. The first-order valence-corrected chi connectivity index (χ1v) is 5.84. The highest BCUT2D eigenvalue weighted by Gasteiger charge is 2.23. The van der Waals surface area contributed by atoms with E-state index in [-0.39, 0.29) is 18.1 Å². The van der Waals surface area contributed by atoms with Crippen LogP contribution in [0.15, 0.2) is 0 Å². The van der Waals surface area contributed by atoms with Crippen molar-refractivity contribution in [1.29, 1.82) is 10.5 Å². The van der Waals surface area contributed by atoms with E-state index in [1.807, 2.05) is 12.1 Å². The monoisotopic (exact) mass is 206 g/mol. The van der Waals surface area contributed by atoms with Gasteiger partial charge in [0.25, 0.3) is 0 Å². The molecule has 0 amide bonds. The third-order valence-electron chi connectivity index (χ3n) is 1.53. The zero-order chi connectivity index (χ0) is 10.5. The van der Waals surface area contributed by atoms with E-state index in [9.17, 15) is 7.77 Å². The van der Waals surface area contributed by atoms with E-state index in [1.54, 1.807) is 6.92 Å². The van der Waals surface area contributed by atoms with Crippen molar-refractivity contribution in [3.05, 3.63) is 0 Å². The summed E-state index contributed by atoms with van der Waals surface area (Å²) in [5, 5.41) is 17.0. The first kappa shape index (κ1) is 12.2. The second-order valence-electron chi connectivity index (χ2n) is 3.13. The smallest absolute Gasteiger partial charge is 0.0666 e. The number of rotatable bonds is 4. The molecular formula is C8H12F2N2S. The number of hydrogen-bond acceptors (Lipinski definition) is 2. The lowest BCUT2D eigenvalue weighted by Gasteiger charge is -2.18. The predicted octanol–water partition coefficient (Wildman–Crippen LogP) is 2.88. The Morgan fingerprint density at radius 2 is 1.85 bits per heavy atom. The molecule has 13 heavy (non-hydrogen) atoms. The van der Waals surface area contributed by atoms with E-state index in [4.69, 9.17) is 10.5 Å². The van der Waals surface area contributed by atoms with Crippen LogP contribution in [0, 0.1) is 34.5 Å². The van der Waals surface area contributed by atoms with Gasteiger partial charge in [0.15, 0.2) is 0 Å². The topological polar surface area (TPSA) is 47.6 Å². The van der Waals surface area contributed by atoms with E-state index in [0.717, 1.165) is 6.26 Å². The van der Waals surface area contributed by atoms with Gasteiger partial charge in [-0.2, -0.15) is 18.3 Å². The summed E-state index contributed by atoms with van der Waals surface area (Å²) in [5.74, 6) is -1.40. The van der Waals surface area contributed by atoms with Gasteiger partial charge in [0, 0.05) is 17.9 Å².